The van der Waals surface area contributed by atoms with Crippen LogP contribution in [-0.2, 0) is 0 Å². The molecule has 0 fully saturated rings. The van der Waals surface area contributed by atoms with Crippen molar-refractivity contribution in [2.24, 2.45) is 17.2 Å². The van der Waals surface area contributed by atoms with E-state index >= 15 is 0 Å². The number of hydrogen-bond donors (Lipinski definition) is 3. The average molecular weight is 197 g/mol. The first-order chi connectivity index (χ1) is 6.72. The molecule has 3 heteroatoms. The van der Waals surface area contributed by atoms with Crippen LogP contribution in [0.15, 0.2) is 11.4 Å². The highest BCUT2D eigenvalue weighted by atomic mass is 14.8. The molecule has 14 heavy (non-hydrogen) atoms. The second-order valence-corrected chi connectivity index (χ2v) is 4.25. The predicted octanol–water partition coefficient (Wildman–Crippen LogP) is 1.58. The van der Waals surface area contributed by atoms with Crippen LogP contribution in [0, 0.1) is 0 Å². The summed E-state index contributed by atoms with van der Waals surface area (Å²) < 4.78 is 0. The molecule has 6 N–H and O–H groups in total. The summed E-state index contributed by atoms with van der Waals surface area (Å²) in [6.45, 7) is 0. The Morgan fingerprint density at radius 2 is 1.43 bits per heavy atom. The van der Waals surface area contributed by atoms with Crippen LogP contribution in [0.5, 0.6) is 0 Å². The summed E-state index contributed by atoms with van der Waals surface area (Å²) in [6, 6.07) is -0.0203. The Hall–Kier alpha value is -0.700. The van der Waals surface area contributed by atoms with Gasteiger partial charge in [-0.15, -0.1) is 0 Å². The lowest BCUT2D eigenvalue weighted by Crippen LogP contribution is -2.30. The van der Waals surface area contributed by atoms with Crippen molar-refractivity contribution < 1.29 is 0 Å². The lowest BCUT2D eigenvalue weighted by Gasteiger charge is -2.14. The van der Waals surface area contributed by atoms with Crippen LogP contribution in [0.1, 0.15) is 51.4 Å². The van der Waals surface area contributed by atoms with Gasteiger partial charge in [-0.3, -0.25) is 0 Å². The molecule has 1 aliphatic carbocycles. The maximum atomic E-state index is 5.95. The second kappa shape index (κ2) is 5.91. The topological polar surface area (TPSA) is 78.1 Å². The van der Waals surface area contributed by atoms with Crippen molar-refractivity contribution in [2.45, 2.75) is 57.4 Å². The zero-order valence-electron chi connectivity index (χ0n) is 8.97. The summed E-state index contributed by atoms with van der Waals surface area (Å²) in [5.74, 6) is 0. The molecule has 0 amide bonds. The highest BCUT2D eigenvalue weighted by Crippen LogP contribution is 2.16. The molecule has 0 heterocycles. The molecule has 0 bridgehead atoms. The van der Waals surface area contributed by atoms with Crippen LogP contribution in [-0.4, -0.2) is 6.04 Å². The Bertz CT molecular complexity index is 199. The molecule has 0 saturated carbocycles. The van der Waals surface area contributed by atoms with Crippen molar-refractivity contribution in [1.29, 1.82) is 0 Å². The van der Waals surface area contributed by atoms with E-state index < -0.39 is 0 Å². The van der Waals surface area contributed by atoms with E-state index in [0.29, 0.717) is 0 Å². The molecule has 1 atom stereocenters. The lowest BCUT2D eigenvalue weighted by molar-refractivity contribution is 0.565. The fraction of sp³-hybridized carbons (Fsp3) is 0.818. The Labute approximate surface area is 86.7 Å². The maximum absolute atomic E-state index is 5.95. The summed E-state index contributed by atoms with van der Waals surface area (Å²) in [4.78, 5) is 0. The van der Waals surface area contributed by atoms with Gasteiger partial charge in [0.15, 0.2) is 0 Å². The average Bonchev–Trinajstić information content (AvgIpc) is 2.21. The Kier molecular flexibility index (Phi) is 4.80. The van der Waals surface area contributed by atoms with Crippen LogP contribution >= 0.6 is 0 Å². The summed E-state index contributed by atoms with van der Waals surface area (Å²) in [5, 5.41) is 0. The third-order valence-electron chi connectivity index (χ3n) is 2.98. The minimum atomic E-state index is -0.0203. The van der Waals surface area contributed by atoms with Crippen molar-refractivity contribution in [1.82, 2.24) is 0 Å². The Morgan fingerprint density at radius 3 is 2.14 bits per heavy atom. The SMILES string of the molecule is NC1=C(N)C(N)CCCCCCCC1. The molecule has 0 aromatic carbocycles. The van der Waals surface area contributed by atoms with E-state index in [1.54, 1.807) is 0 Å². The summed E-state index contributed by atoms with van der Waals surface area (Å²) in [5.41, 5.74) is 19.3. The predicted molar refractivity (Wildman–Crippen MR) is 60.3 cm³/mol. The molecule has 82 valence electrons. The summed E-state index contributed by atoms with van der Waals surface area (Å²) in [7, 11) is 0. The molecule has 0 spiro atoms. The van der Waals surface area contributed by atoms with Gasteiger partial charge in [-0.1, -0.05) is 32.1 Å². The summed E-state index contributed by atoms with van der Waals surface area (Å²) >= 11 is 0. The maximum Gasteiger partial charge on any atom is 0.0460 e. The molecule has 1 rings (SSSR count). The van der Waals surface area contributed by atoms with Crippen molar-refractivity contribution in [3.05, 3.63) is 11.4 Å². The standard InChI is InChI=1S/C11H23N3/c12-9-7-5-3-1-2-4-6-8-10(13)11(9)14/h9H,1-8,12-14H2. The lowest BCUT2D eigenvalue weighted by atomic mass is 10.0. The van der Waals surface area contributed by atoms with E-state index in [0.717, 1.165) is 30.7 Å². The van der Waals surface area contributed by atoms with E-state index in [2.05, 4.69) is 0 Å². The van der Waals surface area contributed by atoms with Gasteiger partial charge in [0.2, 0.25) is 0 Å². The van der Waals surface area contributed by atoms with Gasteiger partial charge in [0.1, 0.15) is 0 Å². The van der Waals surface area contributed by atoms with Gasteiger partial charge in [-0.2, -0.15) is 0 Å². The van der Waals surface area contributed by atoms with Gasteiger partial charge >= 0.3 is 0 Å². The second-order valence-electron chi connectivity index (χ2n) is 4.25. The highest BCUT2D eigenvalue weighted by molar-refractivity contribution is 5.13. The van der Waals surface area contributed by atoms with Crippen molar-refractivity contribution in [3.63, 3.8) is 0 Å². The van der Waals surface area contributed by atoms with E-state index in [-0.39, 0.29) is 6.04 Å². The quantitative estimate of drug-likeness (QED) is 0.551. The van der Waals surface area contributed by atoms with Crippen LogP contribution in [0.4, 0.5) is 0 Å². The van der Waals surface area contributed by atoms with Crippen LogP contribution in [0.25, 0.3) is 0 Å². The normalized spacial score (nSPS) is 27.1. The van der Waals surface area contributed by atoms with Crippen LogP contribution in [0.3, 0.4) is 0 Å². The van der Waals surface area contributed by atoms with Crippen molar-refractivity contribution >= 4 is 0 Å². The van der Waals surface area contributed by atoms with Crippen molar-refractivity contribution in [3.8, 4) is 0 Å². The number of rotatable bonds is 0. The van der Waals surface area contributed by atoms with Gasteiger partial charge in [-0.05, 0) is 19.3 Å². The van der Waals surface area contributed by atoms with Crippen LogP contribution < -0.4 is 17.2 Å². The van der Waals surface area contributed by atoms with Gasteiger partial charge in [-0.25, -0.2) is 0 Å². The number of hydrogen-bond acceptors (Lipinski definition) is 3. The zero-order chi connectivity index (χ0) is 10.4. The number of allylic oxidation sites excluding steroid dienone is 1. The first-order valence-electron chi connectivity index (χ1n) is 5.71. The first-order valence-corrected chi connectivity index (χ1v) is 5.71. The van der Waals surface area contributed by atoms with Crippen molar-refractivity contribution in [2.75, 3.05) is 0 Å². The molecular formula is C11H23N3. The minimum absolute atomic E-state index is 0.0203. The highest BCUT2D eigenvalue weighted by Gasteiger charge is 2.10. The van der Waals surface area contributed by atoms with E-state index in [9.17, 15) is 0 Å². The fourth-order valence-corrected chi connectivity index (χ4v) is 1.92. The first kappa shape index (κ1) is 11.4. The third kappa shape index (κ3) is 3.58. The molecule has 0 aliphatic heterocycles. The molecule has 3 nitrogen and oxygen atoms in total. The monoisotopic (exact) mass is 197 g/mol. The molecule has 1 aliphatic rings. The van der Waals surface area contributed by atoms with Crippen LogP contribution in [0.2, 0.25) is 0 Å². The molecule has 0 aromatic rings. The smallest absolute Gasteiger partial charge is 0.0460 e. The van der Waals surface area contributed by atoms with E-state index in [1.807, 2.05) is 0 Å². The zero-order valence-corrected chi connectivity index (χ0v) is 8.97. The largest absolute Gasteiger partial charge is 0.401 e. The van der Waals surface area contributed by atoms with Gasteiger partial charge in [0, 0.05) is 17.4 Å². The molecule has 0 saturated heterocycles. The van der Waals surface area contributed by atoms with E-state index in [4.69, 9.17) is 17.2 Å². The number of nitrogens with two attached hydrogens (primary N) is 3. The molecular weight excluding hydrogens is 174 g/mol. The van der Waals surface area contributed by atoms with Gasteiger partial charge in [0.25, 0.3) is 0 Å². The third-order valence-corrected chi connectivity index (χ3v) is 2.98. The minimum Gasteiger partial charge on any atom is -0.401 e. The van der Waals surface area contributed by atoms with E-state index in [1.165, 1.54) is 32.1 Å². The summed E-state index contributed by atoms with van der Waals surface area (Å²) in [6.07, 6.45) is 9.42. The Balaban J connectivity index is 2.55. The molecule has 0 aromatic heterocycles. The fourth-order valence-electron chi connectivity index (χ4n) is 1.92. The van der Waals surface area contributed by atoms with Gasteiger partial charge in [0.05, 0.1) is 0 Å². The molecule has 0 radical (unpaired) electrons. The molecule has 1 unspecified atom stereocenters. The Morgan fingerprint density at radius 1 is 0.857 bits per heavy atom. The van der Waals surface area contributed by atoms with Gasteiger partial charge < -0.3 is 17.2 Å².